The number of unbranched alkanes of at least 4 members (excludes halogenated alkanes) is 6. The van der Waals surface area contributed by atoms with Gasteiger partial charge in [-0.3, -0.25) is 9.69 Å². The van der Waals surface area contributed by atoms with Crippen LogP contribution in [0.15, 0.2) is 0 Å². The van der Waals surface area contributed by atoms with Crippen LogP contribution in [0.2, 0.25) is 0 Å². The van der Waals surface area contributed by atoms with Gasteiger partial charge in [-0.2, -0.15) is 12.6 Å². The number of hydrogen-bond donors (Lipinski definition) is 4. The second-order valence-electron chi connectivity index (χ2n) is 7.69. The van der Waals surface area contributed by atoms with Crippen molar-refractivity contribution in [1.29, 1.82) is 0 Å². The molecule has 162 valence electrons. The predicted molar refractivity (Wildman–Crippen MR) is 116 cm³/mol. The number of carboxylic acids is 1. The molecule has 0 aliphatic carbocycles. The van der Waals surface area contributed by atoms with Crippen LogP contribution in [0.3, 0.4) is 0 Å². The van der Waals surface area contributed by atoms with Gasteiger partial charge in [-0.25, -0.2) is 0 Å². The Bertz CT molecular complexity index is 383. The summed E-state index contributed by atoms with van der Waals surface area (Å²) >= 11 is 4.79. The number of nitrogens with zero attached hydrogens (tertiary/aromatic N) is 1. The quantitative estimate of drug-likeness (QED) is 0.204. The number of thiol groups is 1. The summed E-state index contributed by atoms with van der Waals surface area (Å²) in [5, 5.41) is 29.5. The van der Waals surface area contributed by atoms with Crippen molar-refractivity contribution in [1.82, 2.24) is 4.90 Å². The van der Waals surface area contributed by atoms with Crippen molar-refractivity contribution in [2.24, 2.45) is 0 Å². The molecule has 27 heavy (non-hydrogen) atoms. The minimum atomic E-state index is -1.10. The van der Waals surface area contributed by atoms with E-state index in [2.05, 4.69) is 20.8 Å². The van der Waals surface area contributed by atoms with Gasteiger partial charge in [0.15, 0.2) is 0 Å². The summed E-state index contributed by atoms with van der Waals surface area (Å²) in [6.07, 6.45) is 9.22. The molecule has 0 radical (unpaired) electrons. The average molecular weight is 406 g/mol. The number of aliphatic hydroxyl groups excluding tert-OH is 2. The van der Waals surface area contributed by atoms with Crippen LogP contribution in [0.25, 0.3) is 0 Å². The van der Waals surface area contributed by atoms with Crippen LogP contribution in [-0.4, -0.2) is 62.8 Å². The molecule has 5 nitrogen and oxygen atoms in total. The number of aliphatic carboxylic acids is 1. The highest BCUT2D eigenvalue weighted by molar-refractivity contribution is 7.81. The SMILES string of the molecule is CCCCCC(S)[C@@](CCCCC)(C(=O)O)N(CCCCC)CC(O)CO. The van der Waals surface area contributed by atoms with E-state index < -0.39 is 17.6 Å². The van der Waals surface area contributed by atoms with Crippen LogP contribution in [0.1, 0.15) is 91.4 Å². The Hall–Kier alpha value is -0.300. The fraction of sp³-hybridized carbons (Fsp3) is 0.952. The standard InChI is InChI=1S/C21H43NO4S/c1-4-7-10-13-19(27)21(20(25)26,14-11-8-5-2)22(15-12-9-6-3)16-18(24)17-23/h18-19,23-24,27H,4-17H2,1-3H3,(H,25,26)/t18?,19?,21-/m0/s1. The summed E-state index contributed by atoms with van der Waals surface area (Å²) in [5.41, 5.74) is -1.10. The third kappa shape index (κ3) is 9.16. The number of carbonyl (C=O) groups is 1. The Balaban J connectivity index is 5.69. The van der Waals surface area contributed by atoms with E-state index in [1.54, 1.807) is 0 Å². The maximum Gasteiger partial charge on any atom is 0.325 e. The zero-order valence-electron chi connectivity index (χ0n) is 17.7. The van der Waals surface area contributed by atoms with E-state index >= 15 is 0 Å². The Morgan fingerprint density at radius 3 is 2.07 bits per heavy atom. The van der Waals surface area contributed by atoms with Crippen LogP contribution in [0.4, 0.5) is 0 Å². The van der Waals surface area contributed by atoms with E-state index in [9.17, 15) is 20.1 Å². The largest absolute Gasteiger partial charge is 0.480 e. The van der Waals surface area contributed by atoms with E-state index in [0.29, 0.717) is 13.0 Å². The van der Waals surface area contributed by atoms with Gasteiger partial charge in [-0.15, -0.1) is 0 Å². The van der Waals surface area contributed by atoms with Gasteiger partial charge < -0.3 is 15.3 Å². The normalized spacial score (nSPS) is 16.3. The molecule has 0 bridgehead atoms. The van der Waals surface area contributed by atoms with Crippen molar-refractivity contribution in [2.45, 2.75) is 108 Å². The van der Waals surface area contributed by atoms with Crippen LogP contribution in [0.5, 0.6) is 0 Å². The van der Waals surface area contributed by atoms with E-state index in [-0.39, 0.29) is 18.4 Å². The molecule has 0 aliphatic heterocycles. The van der Waals surface area contributed by atoms with Gasteiger partial charge in [0, 0.05) is 11.8 Å². The molecule has 6 heteroatoms. The number of carboxylic acid groups (broad SMARTS) is 1. The topological polar surface area (TPSA) is 81.0 Å². The highest BCUT2D eigenvalue weighted by Gasteiger charge is 2.48. The van der Waals surface area contributed by atoms with Crippen molar-refractivity contribution in [3.8, 4) is 0 Å². The highest BCUT2D eigenvalue weighted by Crippen LogP contribution is 2.34. The lowest BCUT2D eigenvalue weighted by molar-refractivity contribution is -0.154. The lowest BCUT2D eigenvalue weighted by atomic mass is 9.83. The molecule has 0 aliphatic rings. The van der Waals surface area contributed by atoms with E-state index in [4.69, 9.17) is 12.6 Å². The number of rotatable bonds is 18. The van der Waals surface area contributed by atoms with Crippen molar-refractivity contribution >= 4 is 18.6 Å². The average Bonchev–Trinajstić information content (AvgIpc) is 2.64. The Labute approximate surface area is 171 Å². The molecule has 0 aromatic rings. The van der Waals surface area contributed by atoms with Crippen LogP contribution in [0, 0.1) is 0 Å². The molecule has 3 N–H and O–H groups in total. The van der Waals surface area contributed by atoms with Gasteiger partial charge in [-0.05, 0) is 25.8 Å². The van der Waals surface area contributed by atoms with Gasteiger partial charge in [0.2, 0.25) is 0 Å². The summed E-state index contributed by atoms with van der Waals surface area (Å²) in [4.78, 5) is 14.5. The summed E-state index contributed by atoms with van der Waals surface area (Å²) in [5.74, 6) is -0.850. The minimum Gasteiger partial charge on any atom is -0.480 e. The molecule has 0 aromatic heterocycles. The zero-order chi connectivity index (χ0) is 20.7. The number of hydrogen-bond acceptors (Lipinski definition) is 5. The summed E-state index contributed by atoms with van der Waals surface area (Å²) < 4.78 is 0. The summed E-state index contributed by atoms with van der Waals surface area (Å²) in [6, 6.07) is 0. The first-order valence-corrected chi connectivity index (χ1v) is 11.4. The molecular weight excluding hydrogens is 362 g/mol. The summed E-state index contributed by atoms with van der Waals surface area (Å²) in [7, 11) is 0. The fourth-order valence-corrected chi connectivity index (χ4v) is 4.30. The highest BCUT2D eigenvalue weighted by atomic mass is 32.1. The predicted octanol–water partition coefficient (Wildman–Crippen LogP) is 4.11. The van der Waals surface area contributed by atoms with Crippen LogP contribution >= 0.6 is 12.6 Å². The lowest BCUT2D eigenvalue weighted by Gasteiger charge is -2.45. The first kappa shape index (κ1) is 26.7. The van der Waals surface area contributed by atoms with Crippen LogP contribution in [-0.2, 0) is 4.79 Å². The van der Waals surface area contributed by atoms with Crippen molar-refractivity contribution in [3.63, 3.8) is 0 Å². The van der Waals surface area contributed by atoms with E-state index in [0.717, 1.165) is 64.2 Å². The second kappa shape index (κ2) is 15.6. The second-order valence-corrected chi connectivity index (χ2v) is 8.31. The molecule has 0 saturated heterocycles. The van der Waals surface area contributed by atoms with Crippen molar-refractivity contribution in [3.05, 3.63) is 0 Å². The van der Waals surface area contributed by atoms with Gasteiger partial charge >= 0.3 is 5.97 Å². The smallest absolute Gasteiger partial charge is 0.325 e. The molecule has 2 unspecified atom stereocenters. The maximum atomic E-state index is 12.6. The zero-order valence-corrected chi connectivity index (χ0v) is 18.6. The Morgan fingerprint density at radius 2 is 1.56 bits per heavy atom. The maximum absolute atomic E-state index is 12.6. The monoisotopic (exact) mass is 405 g/mol. The molecule has 0 amide bonds. The molecule has 0 aromatic carbocycles. The Kier molecular flexibility index (Phi) is 15.4. The minimum absolute atomic E-state index is 0.170. The molecule has 0 rings (SSSR count). The number of β-amino-alcohol motifs (C(OH)–C–C–N with tert-alkyl or cyclic N) is 1. The summed E-state index contributed by atoms with van der Waals surface area (Å²) in [6.45, 7) is 6.77. The molecule has 0 fully saturated rings. The van der Waals surface area contributed by atoms with Gasteiger partial charge in [0.05, 0.1) is 12.7 Å². The Morgan fingerprint density at radius 1 is 1.00 bits per heavy atom. The van der Waals surface area contributed by atoms with Gasteiger partial charge in [-0.1, -0.05) is 72.1 Å². The van der Waals surface area contributed by atoms with Crippen molar-refractivity contribution in [2.75, 3.05) is 19.7 Å². The molecule has 0 heterocycles. The van der Waals surface area contributed by atoms with Crippen LogP contribution < -0.4 is 0 Å². The fourth-order valence-electron chi connectivity index (χ4n) is 3.71. The molecular formula is C21H43NO4S. The van der Waals surface area contributed by atoms with Gasteiger partial charge in [0.1, 0.15) is 5.54 Å². The first-order chi connectivity index (χ1) is 12.9. The third-order valence-corrected chi connectivity index (χ3v) is 6.09. The number of aliphatic hydroxyl groups is 2. The van der Waals surface area contributed by atoms with E-state index in [1.165, 1.54) is 0 Å². The first-order valence-electron chi connectivity index (χ1n) is 10.9. The van der Waals surface area contributed by atoms with Crippen molar-refractivity contribution < 1.29 is 20.1 Å². The molecule has 0 spiro atoms. The van der Waals surface area contributed by atoms with E-state index in [1.807, 2.05) is 4.90 Å². The molecule has 3 atom stereocenters. The third-order valence-electron chi connectivity index (χ3n) is 5.40. The van der Waals surface area contributed by atoms with Gasteiger partial charge in [0.25, 0.3) is 0 Å². The molecule has 0 saturated carbocycles. The lowest BCUT2D eigenvalue weighted by Crippen LogP contribution is -2.62.